The number of hydrogen-bond acceptors (Lipinski definition) is 6. The molecule has 0 aromatic heterocycles. The van der Waals surface area contributed by atoms with Gasteiger partial charge in [0.05, 0.1) is 17.8 Å². The van der Waals surface area contributed by atoms with E-state index in [9.17, 15) is 19.2 Å². The van der Waals surface area contributed by atoms with Crippen molar-refractivity contribution in [1.29, 1.82) is 0 Å². The lowest BCUT2D eigenvalue weighted by molar-refractivity contribution is -0.120. The molecule has 1 aliphatic rings. The van der Waals surface area contributed by atoms with Crippen molar-refractivity contribution in [2.75, 3.05) is 41.9 Å². The van der Waals surface area contributed by atoms with Gasteiger partial charge in [0.25, 0.3) is 5.91 Å². The zero-order chi connectivity index (χ0) is 34.1. The fraction of sp³-hybridized carbons (Fsp3) is 0.405. The Balaban J connectivity index is 1.43. The van der Waals surface area contributed by atoms with Gasteiger partial charge in [-0.2, -0.15) is 0 Å². The highest BCUT2D eigenvalue weighted by molar-refractivity contribution is 6.00. The van der Waals surface area contributed by atoms with E-state index in [1.54, 1.807) is 74.0 Å². The van der Waals surface area contributed by atoms with Crippen molar-refractivity contribution >= 4 is 40.9 Å². The second kappa shape index (κ2) is 15.6. The highest BCUT2D eigenvalue weighted by Crippen LogP contribution is 2.33. The van der Waals surface area contributed by atoms with Gasteiger partial charge >= 0.3 is 12.0 Å². The Bertz CT molecular complexity index is 1570. The number of amides is 4. The summed E-state index contributed by atoms with van der Waals surface area (Å²) in [5.74, 6) is -0.325. The first-order valence-electron chi connectivity index (χ1n) is 16.0. The monoisotopic (exact) mass is 642 g/mol. The lowest BCUT2D eigenvalue weighted by Gasteiger charge is -2.28. The third kappa shape index (κ3) is 10.3. The number of urea groups is 1. The van der Waals surface area contributed by atoms with E-state index in [4.69, 9.17) is 9.47 Å². The van der Waals surface area contributed by atoms with E-state index >= 15 is 0 Å². The maximum absolute atomic E-state index is 13.7. The molecule has 0 saturated heterocycles. The number of anilines is 3. The minimum Gasteiger partial charge on any atom is -0.482 e. The van der Waals surface area contributed by atoms with Crippen molar-refractivity contribution in [3.8, 4) is 5.75 Å². The van der Waals surface area contributed by atoms with Gasteiger partial charge in [0.2, 0.25) is 5.91 Å². The molecule has 2 N–H and O–H groups in total. The summed E-state index contributed by atoms with van der Waals surface area (Å²) in [6.45, 7) is 9.30. The van der Waals surface area contributed by atoms with E-state index in [2.05, 4.69) is 10.6 Å². The summed E-state index contributed by atoms with van der Waals surface area (Å²) >= 11 is 0. The SMILES string of the molecule is Cc1cc(C)cc(N(C)C(=O)COc2ccccc2N(CC2CCCC2)C(=O)CNC(=O)Nc2cccc(C(=O)OC(C)(C)C)c2)c1. The number of likely N-dealkylation sites (N-methyl/N-ethyl adjacent to an activating group) is 1. The first kappa shape index (κ1) is 35.0. The zero-order valence-corrected chi connectivity index (χ0v) is 28.2. The van der Waals surface area contributed by atoms with Crippen LogP contribution in [0, 0.1) is 19.8 Å². The van der Waals surface area contributed by atoms with Crippen LogP contribution in [0.25, 0.3) is 0 Å². The fourth-order valence-corrected chi connectivity index (χ4v) is 5.60. The number of esters is 1. The van der Waals surface area contributed by atoms with Gasteiger partial charge in [-0.3, -0.25) is 9.59 Å². The summed E-state index contributed by atoms with van der Waals surface area (Å²) in [5.41, 5.74) is 3.47. The van der Waals surface area contributed by atoms with Gasteiger partial charge in [0, 0.05) is 25.0 Å². The van der Waals surface area contributed by atoms with E-state index < -0.39 is 17.6 Å². The van der Waals surface area contributed by atoms with Crippen LogP contribution in [0.15, 0.2) is 66.7 Å². The fourth-order valence-electron chi connectivity index (χ4n) is 5.60. The molecule has 0 radical (unpaired) electrons. The van der Waals surface area contributed by atoms with Crippen LogP contribution in [-0.4, -0.2) is 56.2 Å². The number of para-hydroxylation sites is 2. The summed E-state index contributed by atoms with van der Waals surface area (Å²) in [5, 5.41) is 5.33. The van der Waals surface area contributed by atoms with Crippen LogP contribution in [0.2, 0.25) is 0 Å². The molecule has 47 heavy (non-hydrogen) atoms. The molecular formula is C37H46N4O6. The number of benzene rings is 3. The lowest BCUT2D eigenvalue weighted by Crippen LogP contribution is -2.43. The average molecular weight is 643 g/mol. The maximum atomic E-state index is 13.7. The first-order chi connectivity index (χ1) is 22.3. The number of hydrogen-bond donors (Lipinski definition) is 2. The van der Waals surface area contributed by atoms with Crippen LogP contribution in [0.5, 0.6) is 5.75 Å². The van der Waals surface area contributed by atoms with Crippen molar-refractivity contribution in [2.45, 2.75) is 65.9 Å². The molecule has 3 aromatic rings. The van der Waals surface area contributed by atoms with Gasteiger partial charge in [-0.1, -0.05) is 37.1 Å². The summed E-state index contributed by atoms with van der Waals surface area (Å²) in [4.78, 5) is 55.3. The Hall–Kier alpha value is -4.86. The van der Waals surface area contributed by atoms with E-state index in [1.807, 2.05) is 38.1 Å². The quantitative estimate of drug-likeness (QED) is 0.226. The van der Waals surface area contributed by atoms with Crippen LogP contribution >= 0.6 is 0 Å². The molecule has 4 rings (SSSR count). The van der Waals surface area contributed by atoms with Crippen molar-refractivity contribution < 1.29 is 28.7 Å². The molecule has 1 aliphatic carbocycles. The number of nitrogens with zero attached hydrogens (tertiary/aromatic N) is 2. The molecule has 0 heterocycles. The molecule has 0 bridgehead atoms. The maximum Gasteiger partial charge on any atom is 0.338 e. The van der Waals surface area contributed by atoms with Crippen LogP contribution in [0.4, 0.5) is 21.9 Å². The molecule has 1 fully saturated rings. The van der Waals surface area contributed by atoms with Crippen LogP contribution < -0.4 is 25.2 Å². The molecule has 250 valence electrons. The van der Waals surface area contributed by atoms with Crippen molar-refractivity contribution in [3.05, 3.63) is 83.4 Å². The number of aryl methyl sites for hydroxylation is 2. The van der Waals surface area contributed by atoms with Gasteiger partial charge in [0.15, 0.2) is 6.61 Å². The Labute approximate surface area is 277 Å². The Kier molecular flexibility index (Phi) is 11.6. The van der Waals surface area contributed by atoms with Gasteiger partial charge in [-0.05, 0) is 107 Å². The van der Waals surface area contributed by atoms with E-state index in [-0.39, 0.29) is 25.0 Å². The van der Waals surface area contributed by atoms with Crippen molar-refractivity contribution in [1.82, 2.24) is 5.32 Å². The minimum atomic E-state index is -0.654. The second-order valence-corrected chi connectivity index (χ2v) is 13.1. The minimum absolute atomic E-state index is 0.213. The van der Waals surface area contributed by atoms with Gasteiger partial charge in [0.1, 0.15) is 11.4 Å². The Morgan fingerprint density at radius 1 is 0.872 bits per heavy atom. The highest BCUT2D eigenvalue weighted by atomic mass is 16.6. The summed E-state index contributed by atoms with van der Waals surface area (Å²) in [7, 11) is 1.71. The molecule has 1 saturated carbocycles. The lowest BCUT2D eigenvalue weighted by atomic mass is 10.1. The van der Waals surface area contributed by atoms with Crippen LogP contribution in [0.1, 0.15) is 67.9 Å². The van der Waals surface area contributed by atoms with E-state index in [1.165, 1.54) is 6.07 Å². The molecule has 0 atom stereocenters. The normalized spacial score (nSPS) is 13.1. The summed E-state index contributed by atoms with van der Waals surface area (Å²) in [6.07, 6.45) is 4.22. The topological polar surface area (TPSA) is 117 Å². The number of rotatable bonds is 11. The van der Waals surface area contributed by atoms with Gasteiger partial charge < -0.3 is 29.9 Å². The van der Waals surface area contributed by atoms with Crippen LogP contribution in [-0.2, 0) is 14.3 Å². The summed E-state index contributed by atoms with van der Waals surface area (Å²) < 4.78 is 11.5. The second-order valence-electron chi connectivity index (χ2n) is 13.1. The first-order valence-corrected chi connectivity index (χ1v) is 16.0. The molecule has 10 heteroatoms. The third-order valence-corrected chi connectivity index (χ3v) is 7.85. The Morgan fingerprint density at radius 2 is 1.55 bits per heavy atom. The molecule has 4 amide bonds. The predicted octanol–water partition coefficient (Wildman–Crippen LogP) is 6.65. The molecule has 0 spiro atoms. The largest absolute Gasteiger partial charge is 0.482 e. The van der Waals surface area contributed by atoms with Crippen molar-refractivity contribution in [2.24, 2.45) is 5.92 Å². The number of carbonyl (C=O) groups excluding carboxylic acids is 4. The molecule has 10 nitrogen and oxygen atoms in total. The molecular weight excluding hydrogens is 596 g/mol. The number of ether oxygens (including phenoxy) is 2. The third-order valence-electron chi connectivity index (χ3n) is 7.85. The standard InChI is InChI=1S/C37H46N4O6/c1-25-18-26(2)20-30(19-25)40(6)34(43)24-46-32-17-10-9-16-31(32)41(23-27-12-7-8-13-27)33(42)22-38-36(45)39-29-15-11-14-28(21-29)35(44)47-37(3,4)5/h9-11,14-21,27H,7-8,12-13,22-24H2,1-6H3,(H2,38,39,45). The van der Waals surface area contributed by atoms with Crippen molar-refractivity contribution in [3.63, 3.8) is 0 Å². The van der Waals surface area contributed by atoms with Crippen LogP contribution in [0.3, 0.4) is 0 Å². The Morgan fingerprint density at radius 3 is 2.23 bits per heavy atom. The number of carbonyl (C=O) groups is 4. The van der Waals surface area contributed by atoms with Gasteiger partial charge in [-0.15, -0.1) is 0 Å². The predicted molar refractivity (Wildman–Crippen MR) is 184 cm³/mol. The molecule has 0 unspecified atom stereocenters. The van der Waals surface area contributed by atoms with E-state index in [0.717, 1.165) is 42.5 Å². The average Bonchev–Trinajstić information content (AvgIpc) is 3.53. The van der Waals surface area contributed by atoms with Gasteiger partial charge in [-0.25, -0.2) is 9.59 Å². The highest BCUT2D eigenvalue weighted by Gasteiger charge is 2.26. The number of nitrogens with one attached hydrogen (secondary N) is 2. The zero-order valence-electron chi connectivity index (χ0n) is 28.2. The summed E-state index contributed by atoms with van der Waals surface area (Å²) in [6, 6.07) is 18.9. The smallest absolute Gasteiger partial charge is 0.338 e. The molecule has 0 aliphatic heterocycles. The van der Waals surface area contributed by atoms with E-state index in [0.29, 0.717) is 35.2 Å². The molecule has 3 aromatic carbocycles.